The van der Waals surface area contributed by atoms with E-state index in [1.165, 1.54) is 0 Å². The van der Waals surface area contributed by atoms with E-state index in [1.54, 1.807) is 14.0 Å². The Hall–Kier alpha value is -1.70. The van der Waals surface area contributed by atoms with Crippen LogP contribution in [0.1, 0.15) is 30.6 Å². The Labute approximate surface area is 109 Å². The second kappa shape index (κ2) is 6.29. The van der Waals surface area contributed by atoms with Gasteiger partial charge in [0.2, 0.25) is 16.0 Å². The van der Waals surface area contributed by atoms with E-state index in [-0.39, 0.29) is 17.0 Å². The first-order chi connectivity index (χ1) is 8.43. The maximum Gasteiger partial charge on any atom is 0.282 e. The predicted octanol–water partition coefficient (Wildman–Crippen LogP) is 0.223. The van der Waals surface area contributed by atoms with Crippen molar-refractivity contribution >= 4 is 28.3 Å². The summed E-state index contributed by atoms with van der Waals surface area (Å²) in [7, 11) is 1.70. The largest absolute Gasteiger partial charge is 0.363 e. The zero-order chi connectivity index (χ0) is 13.7. The van der Waals surface area contributed by atoms with Gasteiger partial charge in [-0.3, -0.25) is 9.59 Å². The fourth-order valence-corrected chi connectivity index (χ4v) is 1.75. The molecule has 0 saturated carbocycles. The van der Waals surface area contributed by atoms with E-state index < -0.39 is 11.9 Å². The molecule has 8 heteroatoms. The Kier molecular flexibility index (Phi) is 5.02. The van der Waals surface area contributed by atoms with Crippen molar-refractivity contribution in [1.29, 1.82) is 0 Å². The summed E-state index contributed by atoms with van der Waals surface area (Å²) in [5.74, 6) is -0.628. The number of amides is 2. The van der Waals surface area contributed by atoms with Crippen LogP contribution in [-0.4, -0.2) is 41.1 Å². The van der Waals surface area contributed by atoms with Crippen molar-refractivity contribution < 1.29 is 9.59 Å². The molecule has 18 heavy (non-hydrogen) atoms. The fraction of sp³-hybridized carbons (Fsp3) is 0.600. The molecule has 0 aliphatic carbocycles. The maximum absolute atomic E-state index is 11.8. The Balaban J connectivity index is 2.56. The average molecular weight is 271 g/mol. The van der Waals surface area contributed by atoms with Gasteiger partial charge in [-0.2, -0.15) is 0 Å². The minimum absolute atomic E-state index is 0.0364. The van der Waals surface area contributed by atoms with Crippen LogP contribution in [-0.2, 0) is 4.79 Å². The molecule has 1 aromatic heterocycles. The third kappa shape index (κ3) is 3.95. The second-order valence-electron chi connectivity index (χ2n) is 4.02. The normalized spacial score (nSPS) is 12.1. The van der Waals surface area contributed by atoms with E-state index in [0.717, 1.165) is 11.3 Å². The number of aromatic nitrogens is 2. The highest BCUT2D eigenvalue weighted by atomic mass is 32.1. The molecule has 0 fully saturated rings. The third-order valence-corrected chi connectivity index (χ3v) is 2.94. The van der Waals surface area contributed by atoms with Crippen molar-refractivity contribution in [2.24, 2.45) is 0 Å². The summed E-state index contributed by atoms with van der Waals surface area (Å²) < 4.78 is 0. The van der Waals surface area contributed by atoms with Crippen molar-refractivity contribution in [2.45, 2.75) is 32.9 Å². The van der Waals surface area contributed by atoms with Crippen LogP contribution in [0.15, 0.2) is 0 Å². The lowest BCUT2D eigenvalue weighted by Gasteiger charge is -2.15. The van der Waals surface area contributed by atoms with Crippen LogP contribution in [0.4, 0.5) is 5.13 Å². The number of carbonyl (C=O) groups is 2. The highest BCUT2D eigenvalue weighted by Gasteiger charge is 2.19. The molecule has 0 bridgehead atoms. The molecular formula is C10H17N5O2S. The predicted molar refractivity (Wildman–Crippen MR) is 69.7 cm³/mol. The van der Waals surface area contributed by atoms with Crippen LogP contribution in [0.2, 0.25) is 0 Å². The molecule has 0 aromatic carbocycles. The number of nitrogens with zero attached hydrogens (tertiary/aromatic N) is 2. The average Bonchev–Trinajstić information content (AvgIpc) is 2.76. The second-order valence-corrected chi connectivity index (χ2v) is 5.00. The summed E-state index contributed by atoms with van der Waals surface area (Å²) in [5.41, 5.74) is 0. The lowest BCUT2D eigenvalue weighted by atomic mass is 10.3. The number of rotatable bonds is 5. The molecule has 0 radical (unpaired) electrons. The van der Waals surface area contributed by atoms with Gasteiger partial charge in [0.1, 0.15) is 6.04 Å². The highest BCUT2D eigenvalue weighted by Crippen LogP contribution is 2.13. The highest BCUT2D eigenvalue weighted by molar-refractivity contribution is 7.17. The molecule has 0 aliphatic rings. The van der Waals surface area contributed by atoms with E-state index in [0.29, 0.717) is 5.13 Å². The zero-order valence-electron chi connectivity index (χ0n) is 10.8. The minimum atomic E-state index is -0.609. The number of hydrogen-bond donors (Lipinski definition) is 3. The van der Waals surface area contributed by atoms with Crippen LogP contribution < -0.4 is 16.0 Å². The molecule has 1 atom stereocenters. The van der Waals surface area contributed by atoms with Gasteiger partial charge in [-0.15, -0.1) is 10.2 Å². The van der Waals surface area contributed by atoms with Crippen LogP contribution in [0, 0.1) is 0 Å². The molecule has 1 heterocycles. The number of carbonyl (C=O) groups excluding carboxylic acids is 2. The number of nitrogens with one attached hydrogen (secondary N) is 3. The summed E-state index contributed by atoms with van der Waals surface area (Å²) in [6.45, 7) is 5.34. The Bertz CT molecular complexity index is 432. The van der Waals surface area contributed by atoms with Crippen LogP contribution >= 0.6 is 11.3 Å². The summed E-state index contributed by atoms with van der Waals surface area (Å²) in [5, 5.41) is 16.3. The van der Waals surface area contributed by atoms with Crippen molar-refractivity contribution in [3.8, 4) is 0 Å². The van der Waals surface area contributed by atoms with Crippen molar-refractivity contribution in [3.63, 3.8) is 0 Å². The van der Waals surface area contributed by atoms with Crippen molar-refractivity contribution in [1.82, 2.24) is 20.8 Å². The van der Waals surface area contributed by atoms with Crippen molar-refractivity contribution in [2.75, 3.05) is 12.4 Å². The van der Waals surface area contributed by atoms with E-state index in [1.807, 2.05) is 13.8 Å². The van der Waals surface area contributed by atoms with E-state index in [9.17, 15) is 9.59 Å². The summed E-state index contributed by atoms with van der Waals surface area (Å²) in [4.78, 5) is 23.4. The van der Waals surface area contributed by atoms with Gasteiger partial charge >= 0.3 is 0 Å². The van der Waals surface area contributed by atoms with Crippen LogP contribution in [0.3, 0.4) is 0 Å². The topological polar surface area (TPSA) is 96.0 Å². The minimum Gasteiger partial charge on any atom is -0.363 e. The Morgan fingerprint density at radius 1 is 1.17 bits per heavy atom. The first-order valence-corrected chi connectivity index (χ1v) is 6.38. The molecule has 0 spiro atoms. The molecule has 1 unspecified atom stereocenters. The van der Waals surface area contributed by atoms with Gasteiger partial charge in [0.15, 0.2) is 0 Å². The molecular weight excluding hydrogens is 254 g/mol. The molecule has 1 rings (SSSR count). The SMILES string of the molecule is CNc1nnc(C(=O)NC(C)C(=O)NC(C)C)s1. The van der Waals surface area contributed by atoms with Gasteiger partial charge in [0, 0.05) is 13.1 Å². The maximum atomic E-state index is 11.8. The molecule has 0 aliphatic heterocycles. The van der Waals surface area contributed by atoms with Gasteiger partial charge in [0.05, 0.1) is 0 Å². The molecule has 1 aromatic rings. The molecule has 0 saturated heterocycles. The Morgan fingerprint density at radius 3 is 2.33 bits per heavy atom. The van der Waals surface area contributed by atoms with Gasteiger partial charge < -0.3 is 16.0 Å². The number of hydrogen-bond acceptors (Lipinski definition) is 6. The monoisotopic (exact) mass is 271 g/mol. The van der Waals surface area contributed by atoms with Crippen molar-refractivity contribution in [3.05, 3.63) is 5.01 Å². The number of anilines is 1. The summed E-state index contributed by atoms with van der Waals surface area (Å²) in [6.07, 6.45) is 0. The van der Waals surface area contributed by atoms with E-state index >= 15 is 0 Å². The van der Waals surface area contributed by atoms with E-state index in [4.69, 9.17) is 0 Å². The van der Waals surface area contributed by atoms with Crippen LogP contribution in [0.25, 0.3) is 0 Å². The summed E-state index contributed by atoms with van der Waals surface area (Å²) >= 11 is 1.13. The molecule has 100 valence electrons. The van der Waals surface area contributed by atoms with Gasteiger partial charge in [-0.1, -0.05) is 11.3 Å². The lowest BCUT2D eigenvalue weighted by molar-refractivity contribution is -0.123. The van der Waals surface area contributed by atoms with Gasteiger partial charge in [-0.05, 0) is 20.8 Å². The van der Waals surface area contributed by atoms with Gasteiger partial charge in [-0.25, -0.2) is 0 Å². The Morgan fingerprint density at radius 2 is 1.83 bits per heavy atom. The quantitative estimate of drug-likeness (QED) is 0.712. The third-order valence-electron chi connectivity index (χ3n) is 2.00. The first kappa shape index (κ1) is 14.4. The van der Waals surface area contributed by atoms with E-state index in [2.05, 4.69) is 26.1 Å². The molecule has 3 N–H and O–H groups in total. The zero-order valence-corrected chi connectivity index (χ0v) is 11.6. The summed E-state index contributed by atoms with van der Waals surface area (Å²) in [6, 6.07) is -0.573. The van der Waals surface area contributed by atoms with Gasteiger partial charge in [0.25, 0.3) is 5.91 Å². The molecule has 7 nitrogen and oxygen atoms in total. The fourth-order valence-electron chi connectivity index (χ4n) is 1.15. The van der Waals surface area contributed by atoms with Crippen LogP contribution in [0.5, 0.6) is 0 Å². The molecule has 2 amide bonds. The first-order valence-electron chi connectivity index (χ1n) is 5.56. The lowest BCUT2D eigenvalue weighted by Crippen LogP contribution is -2.46. The standard InChI is InChI=1S/C10H17N5O2S/c1-5(2)12-7(16)6(3)13-8(17)9-14-15-10(11-4)18-9/h5-6H,1-4H3,(H,11,15)(H,12,16)(H,13,17). The smallest absolute Gasteiger partial charge is 0.282 e.